The largest absolute Gasteiger partial charge is 0.368 e. The summed E-state index contributed by atoms with van der Waals surface area (Å²) in [5.41, 5.74) is 8.48. The van der Waals surface area contributed by atoms with Crippen LogP contribution < -0.4 is 11.1 Å². The summed E-state index contributed by atoms with van der Waals surface area (Å²) >= 11 is 9.29. The highest BCUT2D eigenvalue weighted by Gasteiger charge is 2.24. The zero-order valence-electron chi connectivity index (χ0n) is 13.6. The van der Waals surface area contributed by atoms with Gasteiger partial charge >= 0.3 is 0 Å². The minimum atomic E-state index is -0.401. The van der Waals surface area contributed by atoms with Gasteiger partial charge in [0.15, 0.2) is 5.84 Å². The molecule has 1 aliphatic heterocycles. The molecule has 5 nitrogen and oxygen atoms in total. The summed E-state index contributed by atoms with van der Waals surface area (Å²) in [6.45, 7) is 0.647. The summed E-state index contributed by atoms with van der Waals surface area (Å²) in [7, 11) is 0. The molecular weight excluding hydrogens is 388 g/mol. The summed E-state index contributed by atoms with van der Waals surface area (Å²) in [5.74, 6) is 0.323. The average molecular weight is 403 g/mol. The van der Waals surface area contributed by atoms with Crippen molar-refractivity contribution in [3.8, 4) is 10.4 Å². The van der Waals surface area contributed by atoms with Gasteiger partial charge in [-0.2, -0.15) is 16.4 Å². The number of halogens is 1. The van der Waals surface area contributed by atoms with Crippen LogP contribution in [0.25, 0.3) is 10.4 Å². The van der Waals surface area contributed by atoms with Crippen LogP contribution in [0, 0.1) is 0 Å². The van der Waals surface area contributed by atoms with Gasteiger partial charge in [0, 0.05) is 25.7 Å². The molecule has 1 aromatic carbocycles. The predicted molar refractivity (Wildman–Crippen MR) is 109 cm³/mol. The van der Waals surface area contributed by atoms with Crippen molar-refractivity contribution in [2.45, 2.75) is 6.54 Å². The minimum absolute atomic E-state index is 0.0857. The lowest BCUT2D eigenvalue weighted by atomic mass is 10.1. The maximum absolute atomic E-state index is 11.3. The lowest BCUT2D eigenvalue weighted by molar-refractivity contribution is -0.119. The molecule has 0 unspecified atom stereocenters. The molecule has 3 N–H and O–H groups in total. The van der Waals surface area contributed by atoms with Gasteiger partial charge in [0.1, 0.15) is 6.54 Å². The Bertz CT molecular complexity index is 964. The van der Waals surface area contributed by atoms with E-state index in [0.29, 0.717) is 11.6 Å². The van der Waals surface area contributed by atoms with Crippen LogP contribution in [-0.2, 0) is 11.3 Å². The third-order valence-electron chi connectivity index (χ3n) is 3.88. The van der Waals surface area contributed by atoms with E-state index in [4.69, 9.17) is 17.3 Å². The number of primary amides is 1. The topological polar surface area (TPSA) is 70.7 Å². The quantitative estimate of drug-likeness (QED) is 0.686. The molecule has 132 valence electrons. The molecule has 0 saturated carbocycles. The second-order valence-corrected chi connectivity index (χ2v) is 8.18. The van der Waals surface area contributed by atoms with Crippen LogP contribution in [0.5, 0.6) is 0 Å². The van der Waals surface area contributed by atoms with Gasteiger partial charge in [0.25, 0.3) is 0 Å². The summed E-state index contributed by atoms with van der Waals surface area (Å²) < 4.78 is 0. The number of hydrazone groups is 1. The van der Waals surface area contributed by atoms with E-state index in [9.17, 15) is 4.79 Å². The number of amidine groups is 1. The van der Waals surface area contributed by atoms with E-state index in [2.05, 4.69) is 16.5 Å². The Labute approximate surface area is 163 Å². The third kappa shape index (κ3) is 3.60. The van der Waals surface area contributed by atoms with Gasteiger partial charge in [-0.3, -0.25) is 9.80 Å². The number of carbonyl (C=O) groups excluding carboxylic acids is 1. The number of carbonyl (C=O) groups is 1. The molecule has 0 aliphatic carbocycles. The normalized spacial score (nSPS) is 13.3. The highest BCUT2D eigenvalue weighted by Crippen LogP contribution is 2.35. The first-order valence-corrected chi connectivity index (χ1v) is 10.0. The Balaban J connectivity index is 1.71. The Morgan fingerprint density at radius 2 is 2.12 bits per heavy atom. The summed E-state index contributed by atoms with van der Waals surface area (Å²) in [6.07, 6.45) is 0. The fraction of sp³-hybridized carbons (Fsp3) is 0.111. The van der Waals surface area contributed by atoms with Gasteiger partial charge in [0.05, 0.1) is 12.2 Å². The number of anilines is 1. The third-order valence-corrected chi connectivity index (χ3v) is 5.99. The lowest BCUT2D eigenvalue weighted by Crippen LogP contribution is -2.34. The number of nitrogens with zero attached hydrogens (tertiary/aromatic N) is 2. The van der Waals surface area contributed by atoms with E-state index in [1.807, 2.05) is 41.1 Å². The highest BCUT2D eigenvalue weighted by atomic mass is 35.5. The number of nitrogens with one attached hydrogen (secondary N) is 1. The minimum Gasteiger partial charge on any atom is -0.368 e. The van der Waals surface area contributed by atoms with Gasteiger partial charge in [-0.25, -0.2) is 0 Å². The first-order chi connectivity index (χ1) is 12.6. The fourth-order valence-electron chi connectivity index (χ4n) is 2.74. The van der Waals surface area contributed by atoms with Crippen LogP contribution in [0.15, 0.2) is 52.3 Å². The Morgan fingerprint density at radius 3 is 2.81 bits per heavy atom. The van der Waals surface area contributed by atoms with Gasteiger partial charge in [-0.05, 0) is 35.2 Å². The first-order valence-electron chi connectivity index (χ1n) is 7.88. The number of hydrogen-bond acceptors (Lipinski definition) is 6. The SMILES string of the molecule is NC(=O)CN1Cc2sc(-c3ccc(Cl)cc3)cc2C(Nc2ccsc2)=N1. The molecule has 1 aliphatic rings. The number of fused-ring (bicyclic) bond motifs is 1. The van der Waals surface area contributed by atoms with Crippen molar-refractivity contribution >= 4 is 51.7 Å². The second kappa shape index (κ2) is 7.11. The van der Waals surface area contributed by atoms with Crippen LogP contribution in [0.1, 0.15) is 10.4 Å². The average Bonchev–Trinajstić information content (AvgIpc) is 3.24. The number of nitrogens with two attached hydrogens (primary N) is 1. The smallest absolute Gasteiger partial charge is 0.238 e. The van der Waals surface area contributed by atoms with E-state index in [-0.39, 0.29) is 6.54 Å². The molecule has 3 aromatic rings. The van der Waals surface area contributed by atoms with Crippen LogP contribution in [0.4, 0.5) is 5.69 Å². The van der Waals surface area contributed by atoms with Crippen LogP contribution in [0.2, 0.25) is 5.02 Å². The second-order valence-electron chi connectivity index (χ2n) is 5.83. The van der Waals surface area contributed by atoms with Crippen molar-refractivity contribution in [3.05, 3.63) is 62.6 Å². The maximum Gasteiger partial charge on any atom is 0.238 e. The Morgan fingerprint density at radius 1 is 1.31 bits per heavy atom. The highest BCUT2D eigenvalue weighted by molar-refractivity contribution is 7.16. The van der Waals surface area contributed by atoms with Crippen molar-refractivity contribution < 1.29 is 4.79 Å². The molecule has 0 saturated heterocycles. The van der Waals surface area contributed by atoms with E-state index in [0.717, 1.165) is 32.4 Å². The molecule has 0 bridgehead atoms. The van der Waals surface area contributed by atoms with Gasteiger partial charge in [-0.1, -0.05) is 23.7 Å². The molecule has 4 rings (SSSR count). The molecule has 0 radical (unpaired) electrons. The molecule has 1 amide bonds. The maximum atomic E-state index is 11.3. The van der Waals surface area contributed by atoms with Crippen molar-refractivity contribution in [1.29, 1.82) is 0 Å². The summed E-state index contributed by atoms with van der Waals surface area (Å²) in [5, 5.41) is 14.4. The standard InChI is InChI=1S/C18H15ClN4OS2/c19-12-3-1-11(2-4-12)15-7-14-16(26-15)8-23(9-17(20)24)22-18(14)21-13-5-6-25-10-13/h1-7,10H,8-9H2,(H2,20,24)(H,21,22). The molecule has 3 heterocycles. The van der Waals surface area contributed by atoms with Crippen molar-refractivity contribution in [3.63, 3.8) is 0 Å². The molecule has 8 heteroatoms. The molecule has 0 fully saturated rings. The number of amides is 1. The molecule has 2 aromatic heterocycles. The molecule has 26 heavy (non-hydrogen) atoms. The monoisotopic (exact) mass is 402 g/mol. The number of hydrogen-bond donors (Lipinski definition) is 2. The van der Waals surface area contributed by atoms with E-state index < -0.39 is 5.91 Å². The Kier molecular flexibility index (Phi) is 4.67. The van der Waals surface area contributed by atoms with Gasteiger partial charge < -0.3 is 11.1 Å². The van der Waals surface area contributed by atoms with E-state index >= 15 is 0 Å². The lowest BCUT2D eigenvalue weighted by Gasteiger charge is -2.24. The van der Waals surface area contributed by atoms with E-state index in [1.165, 1.54) is 0 Å². The van der Waals surface area contributed by atoms with E-state index in [1.54, 1.807) is 27.7 Å². The zero-order valence-corrected chi connectivity index (χ0v) is 16.0. The van der Waals surface area contributed by atoms with Crippen molar-refractivity contribution in [2.75, 3.05) is 11.9 Å². The predicted octanol–water partition coefficient (Wildman–Crippen LogP) is 4.20. The van der Waals surface area contributed by atoms with Gasteiger partial charge in [0.2, 0.25) is 5.91 Å². The van der Waals surface area contributed by atoms with Crippen molar-refractivity contribution in [1.82, 2.24) is 5.01 Å². The van der Waals surface area contributed by atoms with Crippen LogP contribution >= 0.6 is 34.3 Å². The number of benzene rings is 1. The first kappa shape index (κ1) is 17.1. The molecule has 0 atom stereocenters. The summed E-state index contributed by atoms with van der Waals surface area (Å²) in [4.78, 5) is 13.6. The Hall–Kier alpha value is -2.35. The zero-order chi connectivity index (χ0) is 18.1. The van der Waals surface area contributed by atoms with Crippen LogP contribution in [-0.4, -0.2) is 23.3 Å². The van der Waals surface area contributed by atoms with Crippen molar-refractivity contribution in [2.24, 2.45) is 10.8 Å². The molecular formula is C18H15ClN4OS2. The number of thiophene rings is 2. The molecule has 0 spiro atoms. The summed E-state index contributed by atoms with van der Waals surface area (Å²) in [6, 6.07) is 11.9. The van der Waals surface area contributed by atoms with Gasteiger partial charge in [-0.15, -0.1) is 11.3 Å². The fourth-order valence-corrected chi connectivity index (χ4v) is 4.62. The van der Waals surface area contributed by atoms with Crippen LogP contribution in [0.3, 0.4) is 0 Å². The number of rotatable bonds is 4.